The number of hydrogen-bond donors (Lipinski definition) is 1. The monoisotopic (exact) mass is 270 g/mol. The molecule has 1 aromatic heterocycles. The summed E-state index contributed by atoms with van der Waals surface area (Å²) in [7, 11) is 0. The van der Waals surface area contributed by atoms with Crippen LogP contribution in [0, 0.1) is 10.1 Å². The summed E-state index contributed by atoms with van der Waals surface area (Å²) in [6.07, 6.45) is 4.68. The Morgan fingerprint density at radius 1 is 1.25 bits per heavy atom. The Morgan fingerprint density at radius 3 is 2.70 bits per heavy atom. The molecule has 0 saturated carbocycles. The van der Waals surface area contributed by atoms with Gasteiger partial charge in [-0.05, 0) is 24.5 Å². The average molecular weight is 270 g/mol. The Hall–Kier alpha value is -2.76. The van der Waals surface area contributed by atoms with E-state index >= 15 is 0 Å². The van der Waals surface area contributed by atoms with Crippen LogP contribution in [0.5, 0.6) is 0 Å². The van der Waals surface area contributed by atoms with Crippen molar-refractivity contribution in [2.24, 2.45) is 5.10 Å². The van der Waals surface area contributed by atoms with Crippen molar-refractivity contribution in [1.82, 2.24) is 4.98 Å². The number of nitrogens with zero attached hydrogens (tertiary/aromatic N) is 3. The fourth-order valence-corrected chi connectivity index (χ4v) is 1.61. The second kappa shape index (κ2) is 6.98. The summed E-state index contributed by atoms with van der Waals surface area (Å²) >= 11 is 0. The van der Waals surface area contributed by atoms with Crippen LogP contribution in [0.15, 0.2) is 53.8 Å². The van der Waals surface area contributed by atoms with Gasteiger partial charge in [0.15, 0.2) is 0 Å². The zero-order chi connectivity index (χ0) is 14.2. The molecule has 0 spiro atoms. The van der Waals surface area contributed by atoms with Crippen LogP contribution >= 0.6 is 0 Å². The molecule has 1 heterocycles. The highest BCUT2D eigenvalue weighted by Crippen LogP contribution is 2.11. The predicted octanol–water partition coefficient (Wildman–Crippen LogP) is 3.02. The maximum absolute atomic E-state index is 10.5. The molecule has 0 bridgehead atoms. The molecular weight excluding hydrogens is 256 g/mol. The van der Waals surface area contributed by atoms with E-state index < -0.39 is 4.92 Å². The topological polar surface area (TPSA) is 80.4 Å². The van der Waals surface area contributed by atoms with Gasteiger partial charge in [0, 0.05) is 12.3 Å². The van der Waals surface area contributed by atoms with Crippen LogP contribution in [0.25, 0.3) is 0 Å². The van der Waals surface area contributed by atoms with Gasteiger partial charge < -0.3 is 0 Å². The van der Waals surface area contributed by atoms with Gasteiger partial charge in [0.2, 0.25) is 0 Å². The van der Waals surface area contributed by atoms with E-state index in [0.29, 0.717) is 5.82 Å². The van der Waals surface area contributed by atoms with Gasteiger partial charge in [0.1, 0.15) is 12.0 Å². The molecule has 0 atom stereocenters. The van der Waals surface area contributed by atoms with Crippen molar-refractivity contribution in [3.8, 4) is 0 Å². The zero-order valence-electron chi connectivity index (χ0n) is 10.8. The van der Waals surface area contributed by atoms with Gasteiger partial charge >= 0.3 is 0 Å². The Labute approximate surface area is 116 Å². The first-order valence-corrected chi connectivity index (χ1v) is 6.17. The van der Waals surface area contributed by atoms with Crippen molar-refractivity contribution >= 4 is 17.7 Å². The van der Waals surface area contributed by atoms with Gasteiger partial charge in [-0.25, -0.2) is 4.98 Å². The molecule has 0 aliphatic carbocycles. The highest BCUT2D eigenvalue weighted by atomic mass is 16.6. The first kappa shape index (κ1) is 13.7. The third kappa shape index (κ3) is 4.16. The first-order valence-electron chi connectivity index (χ1n) is 6.17. The van der Waals surface area contributed by atoms with Crippen LogP contribution in [0.4, 0.5) is 11.5 Å². The van der Waals surface area contributed by atoms with Crippen molar-refractivity contribution in [3.05, 3.63) is 64.3 Å². The number of hydrazone groups is 1. The maximum atomic E-state index is 10.5. The van der Waals surface area contributed by atoms with Gasteiger partial charge in [0.25, 0.3) is 5.69 Å². The van der Waals surface area contributed by atoms with E-state index in [1.165, 1.54) is 23.9 Å². The maximum Gasteiger partial charge on any atom is 0.287 e. The molecule has 2 aromatic rings. The fourth-order valence-electron chi connectivity index (χ4n) is 1.61. The minimum Gasteiger partial charge on any atom is -0.262 e. The van der Waals surface area contributed by atoms with Crippen LogP contribution in [0.3, 0.4) is 0 Å². The molecule has 6 heteroatoms. The first-order chi connectivity index (χ1) is 9.75. The highest BCUT2D eigenvalue weighted by molar-refractivity contribution is 5.59. The Balaban J connectivity index is 1.77. The number of aryl methyl sites for hydroxylation is 1. The van der Waals surface area contributed by atoms with Gasteiger partial charge in [-0.3, -0.25) is 15.5 Å². The zero-order valence-corrected chi connectivity index (χ0v) is 10.8. The van der Waals surface area contributed by atoms with E-state index in [4.69, 9.17) is 0 Å². The molecule has 2 rings (SSSR count). The van der Waals surface area contributed by atoms with Crippen molar-refractivity contribution < 1.29 is 4.92 Å². The van der Waals surface area contributed by atoms with Gasteiger partial charge in [-0.1, -0.05) is 30.3 Å². The van der Waals surface area contributed by atoms with E-state index in [9.17, 15) is 10.1 Å². The third-order valence-electron chi connectivity index (χ3n) is 2.63. The molecule has 1 aromatic carbocycles. The van der Waals surface area contributed by atoms with Crippen molar-refractivity contribution in [3.63, 3.8) is 0 Å². The number of pyridine rings is 1. The van der Waals surface area contributed by atoms with Crippen LogP contribution in [-0.2, 0) is 6.42 Å². The number of hydrogen-bond acceptors (Lipinski definition) is 5. The standard InChI is InChI=1S/C14H14N4O2/c19-18(20)13-8-9-14(15-11-13)17-16-10-4-7-12-5-2-1-3-6-12/h1-3,5-6,8-11H,4,7H2,(H,15,17)/b16-10+. The summed E-state index contributed by atoms with van der Waals surface area (Å²) in [5.41, 5.74) is 3.95. The summed E-state index contributed by atoms with van der Waals surface area (Å²) in [5, 5.41) is 14.5. The number of nitrogens with one attached hydrogen (secondary N) is 1. The Bertz CT molecular complexity index is 582. The fraction of sp³-hybridized carbons (Fsp3) is 0.143. The second-order valence-electron chi connectivity index (χ2n) is 4.11. The van der Waals surface area contributed by atoms with E-state index in [-0.39, 0.29) is 5.69 Å². The SMILES string of the molecule is O=[N+]([O-])c1ccc(N/N=C/CCc2ccccc2)nc1. The summed E-state index contributed by atoms with van der Waals surface area (Å²) < 4.78 is 0. The molecule has 0 fully saturated rings. The minimum atomic E-state index is -0.486. The number of anilines is 1. The summed E-state index contributed by atoms with van der Waals surface area (Å²) in [6.45, 7) is 0. The quantitative estimate of drug-likeness (QED) is 0.497. The lowest BCUT2D eigenvalue weighted by atomic mass is 10.1. The second-order valence-corrected chi connectivity index (χ2v) is 4.11. The normalized spacial score (nSPS) is 10.6. The lowest BCUT2D eigenvalue weighted by Crippen LogP contribution is -1.95. The largest absolute Gasteiger partial charge is 0.287 e. The molecule has 0 aliphatic rings. The molecule has 0 radical (unpaired) electrons. The van der Waals surface area contributed by atoms with E-state index in [1.54, 1.807) is 6.21 Å². The van der Waals surface area contributed by atoms with Crippen LogP contribution in [0.1, 0.15) is 12.0 Å². The summed E-state index contributed by atoms with van der Waals surface area (Å²) in [5.74, 6) is 0.478. The van der Waals surface area contributed by atoms with Crippen LogP contribution in [-0.4, -0.2) is 16.1 Å². The van der Waals surface area contributed by atoms with Crippen LogP contribution < -0.4 is 5.43 Å². The molecule has 0 unspecified atom stereocenters. The van der Waals surface area contributed by atoms with E-state index in [1.807, 2.05) is 18.2 Å². The number of benzene rings is 1. The minimum absolute atomic E-state index is 0.0383. The average Bonchev–Trinajstić information content (AvgIpc) is 2.48. The van der Waals surface area contributed by atoms with Crippen LogP contribution in [0.2, 0.25) is 0 Å². The molecule has 0 amide bonds. The molecule has 102 valence electrons. The number of rotatable bonds is 6. The van der Waals surface area contributed by atoms with Gasteiger partial charge in [0.05, 0.1) is 4.92 Å². The summed E-state index contributed by atoms with van der Waals surface area (Å²) in [4.78, 5) is 13.9. The van der Waals surface area contributed by atoms with Crippen molar-refractivity contribution in [1.29, 1.82) is 0 Å². The number of aromatic nitrogens is 1. The van der Waals surface area contributed by atoms with E-state index in [0.717, 1.165) is 12.8 Å². The predicted molar refractivity (Wildman–Crippen MR) is 77.8 cm³/mol. The molecule has 6 nitrogen and oxygen atoms in total. The molecule has 20 heavy (non-hydrogen) atoms. The molecule has 1 N–H and O–H groups in total. The lowest BCUT2D eigenvalue weighted by molar-refractivity contribution is -0.385. The molecular formula is C14H14N4O2. The Morgan fingerprint density at radius 2 is 2.05 bits per heavy atom. The smallest absolute Gasteiger partial charge is 0.262 e. The van der Waals surface area contributed by atoms with Gasteiger partial charge in [-0.15, -0.1) is 0 Å². The highest BCUT2D eigenvalue weighted by Gasteiger charge is 2.03. The number of nitro groups is 1. The summed E-state index contributed by atoms with van der Waals surface area (Å²) in [6, 6.07) is 13.0. The van der Waals surface area contributed by atoms with Gasteiger partial charge in [-0.2, -0.15) is 5.10 Å². The van der Waals surface area contributed by atoms with Crippen molar-refractivity contribution in [2.45, 2.75) is 12.8 Å². The Kier molecular flexibility index (Phi) is 4.77. The molecule has 0 saturated heterocycles. The van der Waals surface area contributed by atoms with E-state index in [2.05, 4.69) is 27.6 Å². The lowest BCUT2D eigenvalue weighted by Gasteiger charge is -1.99. The van der Waals surface area contributed by atoms with Crippen molar-refractivity contribution in [2.75, 3.05) is 5.43 Å². The molecule has 0 aliphatic heterocycles. The third-order valence-corrected chi connectivity index (χ3v) is 2.63.